The lowest BCUT2D eigenvalue weighted by atomic mass is 10.2. The molecule has 8 heteroatoms. The Morgan fingerprint density at radius 2 is 1.82 bits per heavy atom. The Morgan fingerprint density at radius 3 is 2.41 bits per heavy atom. The van der Waals surface area contributed by atoms with E-state index in [4.69, 9.17) is 11.6 Å². The maximum atomic E-state index is 12.4. The molecule has 0 saturated carbocycles. The van der Waals surface area contributed by atoms with Crippen molar-refractivity contribution >= 4 is 33.0 Å². The zero-order valence-corrected chi connectivity index (χ0v) is 13.4. The molecule has 6 nitrogen and oxygen atoms in total. The van der Waals surface area contributed by atoms with Crippen LogP contribution in [-0.4, -0.2) is 13.3 Å². The molecule has 0 spiro atoms. The molecule has 2 aromatic carbocycles. The Balaban J connectivity index is 2.46. The molecule has 116 valence electrons. The van der Waals surface area contributed by atoms with Crippen LogP contribution in [0, 0.1) is 24.0 Å². The molecule has 0 aliphatic carbocycles. The summed E-state index contributed by atoms with van der Waals surface area (Å²) >= 11 is 6.01. The molecule has 0 saturated heterocycles. The van der Waals surface area contributed by atoms with Crippen molar-refractivity contribution in [1.29, 1.82) is 0 Å². The minimum atomic E-state index is -3.97. The molecule has 0 atom stereocenters. The van der Waals surface area contributed by atoms with Crippen LogP contribution in [0.5, 0.6) is 0 Å². The van der Waals surface area contributed by atoms with E-state index in [0.717, 1.165) is 11.6 Å². The highest BCUT2D eigenvalue weighted by Gasteiger charge is 2.21. The Morgan fingerprint density at radius 1 is 1.14 bits per heavy atom. The van der Waals surface area contributed by atoms with Gasteiger partial charge >= 0.3 is 0 Å². The van der Waals surface area contributed by atoms with Crippen molar-refractivity contribution in [2.75, 3.05) is 4.72 Å². The SMILES string of the molecule is Cc1ccc(NS(=O)(=O)c2cc([N+](=O)[O-])ccc2C)c(Cl)c1. The van der Waals surface area contributed by atoms with Crippen LogP contribution in [0.1, 0.15) is 11.1 Å². The summed E-state index contributed by atoms with van der Waals surface area (Å²) < 4.78 is 27.2. The predicted octanol–water partition coefficient (Wildman–Crippen LogP) is 3.67. The maximum Gasteiger partial charge on any atom is 0.270 e. The normalized spacial score (nSPS) is 11.2. The summed E-state index contributed by atoms with van der Waals surface area (Å²) in [6, 6.07) is 8.56. The molecule has 1 N–H and O–H groups in total. The third-order valence-electron chi connectivity index (χ3n) is 3.04. The second kappa shape index (κ2) is 5.94. The first-order valence-corrected chi connectivity index (χ1v) is 8.11. The molecule has 22 heavy (non-hydrogen) atoms. The van der Waals surface area contributed by atoms with Crippen LogP contribution < -0.4 is 4.72 Å². The smallest absolute Gasteiger partial charge is 0.270 e. The van der Waals surface area contributed by atoms with Gasteiger partial charge in [-0.15, -0.1) is 0 Å². The molecule has 0 fully saturated rings. The summed E-state index contributed by atoms with van der Waals surface area (Å²) in [6.45, 7) is 3.39. The van der Waals surface area contributed by atoms with E-state index < -0.39 is 14.9 Å². The maximum absolute atomic E-state index is 12.4. The van der Waals surface area contributed by atoms with Crippen LogP contribution in [0.15, 0.2) is 41.3 Å². The van der Waals surface area contributed by atoms with E-state index in [1.807, 2.05) is 6.92 Å². The Labute approximate surface area is 132 Å². The fraction of sp³-hybridized carbons (Fsp3) is 0.143. The molecule has 0 radical (unpaired) electrons. The molecule has 0 aliphatic rings. The lowest BCUT2D eigenvalue weighted by Crippen LogP contribution is -2.15. The van der Waals surface area contributed by atoms with E-state index in [2.05, 4.69) is 4.72 Å². The number of aryl methyl sites for hydroxylation is 2. The molecule has 0 aliphatic heterocycles. The van der Waals surface area contributed by atoms with E-state index in [0.29, 0.717) is 5.56 Å². The van der Waals surface area contributed by atoms with Gasteiger partial charge in [-0.3, -0.25) is 14.8 Å². The van der Waals surface area contributed by atoms with Gasteiger partial charge < -0.3 is 0 Å². The first-order chi connectivity index (χ1) is 10.2. The first kappa shape index (κ1) is 16.3. The summed E-state index contributed by atoms with van der Waals surface area (Å²) in [5.41, 5.74) is 1.22. The molecule has 0 unspecified atom stereocenters. The Hall–Kier alpha value is -2.12. The molecule has 2 aromatic rings. The Kier molecular flexibility index (Phi) is 4.39. The summed E-state index contributed by atoms with van der Waals surface area (Å²) in [5.74, 6) is 0. The van der Waals surface area contributed by atoms with Gasteiger partial charge in [-0.2, -0.15) is 0 Å². The quantitative estimate of drug-likeness (QED) is 0.679. The van der Waals surface area contributed by atoms with Crippen molar-refractivity contribution < 1.29 is 13.3 Å². The largest absolute Gasteiger partial charge is 0.278 e. The number of non-ortho nitro benzene ring substituents is 1. The second-order valence-corrected chi connectivity index (χ2v) is 6.85. The van der Waals surface area contributed by atoms with Crippen molar-refractivity contribution in [2.45, 2.75) is 18.7 Å². The standard InChI is InChI=1S/C14H13ClN2O4S/c1-9-3-6-13(12(15)7-9)16-22(20,21)14-8-11(17(18)19)5-4-10(14)2/h3-8,16H,1-2H3. The van der Waals surface area contributed by atoms with Crippen molar-refractivity contribution in [3.05, 3.63) is 62.7 Å². The van der Waals surface area contributed by atoms with Crippen LogP contribution >= 0.6 is 11.6 Å². The first-order valence-electron chi connectivity index (χ1n) is 6.25. The van der Waals surface area contributed by atoms with Crippen LogP contribution in [-0.2, 0) is 10.0 Å². The van der Waals surface area contributed by atoms with Crippen LogP contribution in [0.2, 0.25) is 5.02 Å². The highest BCUT2D eigenvalue weighted by molar-refractivity contribution is 7.92. The minimum absolute atomic E-state index is 0.154. The number of benzene rings is 2. The number of nitrogens with zero attached hydrogens (tertiary/aromatic N) is 1. The van der Waals surface area contributed by atoms with Crippen molar-refractivity contribution in [3.8, 4) is 0 Å². The number of sulfonamides is 1. The highest BCUT2D eigenvalue weighted by Crippen LogP contribution is 2.28. The number of halogens is 1. The van der Waals surface area contributed by atoms with Gasteiger partial charge in [0, 0.05) is 12.1 Å². The molecule has 0 bridgehead atoms. The van der Waals surface area contributed by atoms with Crippen molar-refractivity contribution in [1.82, 2.24) is 0 Å². The van der Waals surface area contributed by atoms with Crippen LogP contribution in [0.25, 0.3) is 0 Å². The predicted molar refractivity (Wildman–Crippen MR) is 84.8 cm³/mol. The van der Waals surface area contributed by atoms with Crippen molar-refractivity contribution in [2.24, 2.45) is 0 Å². The number of hydrogen-bond donors (Lipinski definition) is 1. The lowest BCUT2D eigenvalue weighted by molar-refractivity contribution is -0.385. The van der Waals surface area contributed by atoms with Gasteiger partial charge in [0.2, 0.25) is 0 Å². The zero-order chi connectivity index (χ0) is 16.5. The monoisotopic (exact) mass is 340 g/mol. The molecular weight excluding hydrogens is 328 g/mol. The molecule has 0 aromatic heterocycles. The molecule has 0 amide bonds. The number of hydrogen-bond acceptors (Lipinski definition) is 4. The summed E-state index contributed by atoms with van der Waals surface area (Å²) in [7, 11) is -3.97. The van der Waals surface area contributed by atoms with Crippen molar-refractivity contribution in [3.63, 3.8) is 0 Å². The average Bonchev–Trinajstić information content (AvgIpc) is 2.42. The molecular formula is C14H13ClN2O4S. The van der Waals surface area contributed by atoms with Gasteiger partial charge in [-0.25, -0.2) is 8.42 Å². The minimum Gasteiger partial charge on any atom is -0.278 e. The summed E-state index contributed by atoms with van der Waals surface area (Å²) in [4.78, 5) is 10.0. The van der Waals surface area contributed by atoms with Gasteiger partial charge in [0.1, 0.15) is 0 Å². The fourth-order valence-corrected chi connectivity index (χ4v) is 3.58. The number of nitro groups is 1. The van der Waals surface area contributed by atoms with Gasteiger partial charge in [0.15, 0.2) is 0 Å². The highest BCUT2D eigenvalue weighted by atomic mass is 35.5. The number of anilines is 1. The van der Waals surface area contributed by atoms with Gasteiger partial charge in [-0.05, 0) is 37.1 Å². The van der Waals surface area contributed by atoms with Gasteiger partial charge in [0.25, 0.3) is 15.7 Å². The average molecular weight is 341 g/mol. The van der Waals surface area contributed by atoms with Crippen LogP contribution in [0.4, 0.5) is 11.4 Å². The summed E-state index contributed by atoms with van der Waals surface area (Å²) in [6.07, 6.45) is 0. The number of nitro benzene ring substituents is 1. The van der Waals surface area contributed by atoms with E-state index in [1.54, 1.807) is 25.1 Å². The molecule has 2 rings (SSSR count). The third kappa shape index (κ3) is 3.37. The Bertz CT molecular complexity index is 850. The third-order valence-corrected chi connectivity index (χ3v) is 4.86. The van der Waals surface area contributed by atoms with E-state index in [1.165, 1.54) is 12.1 Å². The van der Waals surface area contributed by atoms with Crippen LogP contribution in [0.3, 0.4) is 0 Å². The second-order valence-electron chi connectivity index (χ2n) is 4.80. The van der Waals surface area contributed by atoms with E-state index >= 15 is 0 Å². The number of rotatable bonds is 4. The van der Waals surface area contributed by atoms with Gasteiger partial charge in [0.05, 0.1) is 20.5 Å². The topological polar surface area (TPSA) is 89.3 Å². The molecule has 0 heterocycles. The van der Waals surface area contributed by atoms with E-state index in [-0.39, 0.29) is 21.3 Å². The fourth-order valence-electron chi connectivity index (χ4n) is 1.89. The zero-order valence-electron chi connectivity index (χ0n) is 11.8. The number of nitrogens with one attached hydrogen (secondary N) is 1. The summed E-state index contributed by atoms with van der Waals surface area (Å²) in [5, 5.41) is 11.1. The van der Waals surface area contributed by atoms with Gasteiger partial charge in [-0.1, -0.05) is 23.7 Å². The lowest BCUT2D eigenvalue weighted by Gasteiger charge is -2.12. The van der Waals surface area contributed by atoms with E-state index in [9.17, 15) is 18.5 Å².